The molecule has 1 aromatic carbocycles. The van der Waals surface area contributed by atoms with Gasteiger partial charge in [0, 0.05) is 19.6 Å². The van der Waals surface area contributed by atoms with E-state index in [0.29, 0.717) is 12.5 Å². The van der Waals surface area contributed by atoms with Crippen molar-refractivity contribution in [3.05, 3.63) is 29.8 Å². The van der Waals surface area contributed by atoms with Crippen LogP contribution in [-0.2, 0) is 6.54 Å². The molecule has 0 aliphatic rings. The Kier molecular flexibility index (Phi) is 6.81. The second-order valence-electron chi connectivity index (χ2n) is 4.97. The van der Waals surface area contributed by atoms with Gasteiger partial charge in [0.15, 0.2) is 0 Å². The van der Waals surface area contributed by atoms with Crippen LogP contribution in [0.3, 0.4) is 0 Å². The SMILES string of the molecule is CC(C)CNCCNCc1ccc(OC(F)(F)F)cc1. The third-order valence-corrected chi connectivity index (χ3v) is 2.52. The van der Waals surface area contributed by atoms with Gasteiger partial charge in [0.2, 0.25) is 0 Å². The summed E-state index contributed by atoms with van der Waals surface area (Å²) in [4.78, 5) is 0. The summed E-state index contributed by atoms with van der Waals surface area (Å²) in [5, 5.41) is 6.52. The maximum atomic E-state index is 12.0. The molecule has 0 unspecified atom stereocenters. The highest BCUT2D eigenvalue weighted by molar-refractivity contribution is 5.27. The van der Waals surface area contributed by atoms with E-state index >= 15 is 0 Å². The fraction of sp³-hybridized carbons (Fsp3) is 0.571. The maximum absolute atomic E-state index is 12.0. The number of ether oxygens (including phenoxy) is 1. The smallest absolute Gasteiger partial charge is 0.406 e. The van der Waals surface area contributed by atoms with Gasteiger partial charge in [-0.05, 0) is 30.2 Å². The van der Waals surface area contributed by atoms with Crippen LogP contribution in [0.1, 0.15) is 19.4 Å². The van der Waals surface area contributed by atoms with Gasteiger partial charge in [0.25, 0.3) is 0 Å². The first-order valence-corrected chi connectivity index (χ1v) is 6.63. The van der Waals surface area contributed by atoms with Gasteiger partial charge in [-0.25, -0.2) is 0 Å². The van der Waals surface area contributed by atoms with Crippen molar-refractivity contribution in [1.29, 1.82) is 0 Å². The summed E-state index contributed by atoms with van der Waals surface area (Å²) in [6, 6.07) is 5.88. The van der Waals surface area contributed by atoms with E-state index in [0.717, 1.165) is 25.2 Å². The van der Waals surface area contributed by atoms with Crippen molar-refractivity contribution in [2.45, 2.75) is 26.8 Å². The number of nitrogens with one attached hydrogen (secondary N) is 2. The van der Waals surface area contributed by atoms with E-state index in [9.17, 15) is 13.2 Å². The molecule has 0 aliphatic heterocycles. The maximum Gasteiger partial charge on any atom is 0.573 e. The lowest BCUT2D eigenvalue weighted by molar-refractivity contribution is -0.274. The van der Waals surface area contributed by atoms with Crippen molar-refractivity contribution in [3.8, 4) is 5.75 Å². The summed E-state index contributed by atoms with van der Waals surface area (Å²) >= 11 is 0. The van der Waals surface area contributed by atoms with Gasteiger partial charge >= 0.3 is 6.36 Å². The summed E-state index contributed by atoms with van der Waals surface area (Å²) in [6.45, 7) is 7.57. The fourth-order valence-electron chi connectivity index (χ4n) is 1.61. The van der Waals surface area contributed by atoms with Crippen molar-refractivity contribution in [3.63, 3.8) is 0 Å². The first-order valence-electron chi connectivity index (χ1n) is 6.63. The fourth-order valence-corrected chi connectivity index (χ4v) is 1.61. The number of hydrogen-bond donors (Lipinski definition) is 2. The molecule has 20 heavy (non-hydrogen) atoms. The van der Waals surface area contributed by atoms with E-state index in [1.54, 1.807) is 12.1 Å². The van der Waals surface area contributed by atoms with Crippen LogP contribution in [0, 0.1) is 5.92 Å². The molecule has 2 N–H and O–H groups in total. The van der Waals surface area contributed by atoms with Gasteiger partial charge in [-0.3, -0.25) is 0 Å². The standard InChI is InChI=1S/C14H21F3N2O/c1-11(2)9-18-7-8-19-10-12-3-5-13(6-4-12)20-14(15,16)17/h3-6,11,18-19H,7-10H2,1-2H3. The molecule has 0 saturated carbocycles. The Bertz CT molecular complexity index is 377. The molecule has 0 atom stereocenters. The van der Waals surface area contributed by atoms with Crippen LogP contribution < -0.4 is 15.4 Å². The lowest BCUT2D eigenvalue weighted by Crippen LogP contribution is -2.29. The largest absolute Gasteiger partial charge is 0.573 e. The predicted octanol–water partition coefficient (Wildman–Crippen LogP) is 2.92. The van der Waals surface area contributed by atoms with E-state index < -0.39 is 6.36 Å². The highest BCUT2D eigenvalue weighted by Crippen LogP contribution is 2.22. The number of alkyl halides is 3. The Hall–Kier alpha value is -1.27. The minimum atomic E-state index is -4.64. The van der Waals surface area contributed by atoms with Crippen molar-refractivity contribution in [2.75, 3.05) is 19.6 Å². The molecule has 0 spiro atoms. The van der Waals surface area contributed by atoms with Crippen molar-refractivity contribution in [1.82, 2.24) is 10.6 Å². The minimum absolute atomic E-state index is 0.195. The molecule has 0 aromatic heterocycles. The average Bonchev–Trinajstić information content (AvgIpc) is 2.33. The Morgan fingerprint density at radius 2 is 1.65 bits per heavy atom. The number of rotatable bonds is 8. The van der Waals surface area contributed by atoms with E-state index in [2.05, 4.69) is 29.2 Å². The molecule has 3 nitrogen and oxygen atoms in total. The van der Waals surface area contributed by atoms with Crippen molar-refractivity contribution < 1.29 is 17.9 Å². The normalized spacial score (nSPS) is 11.9. The van der Waals surface area contributed by atoms with Crippen LogP contribution in [0.2, 0.25) is 0 Å². The lowest BCUT2D eigenvalue weighted by Gasteiger charge is -2.10. The minimum Gasteiger partial charge on any atom is -0.406 e. The summed E-state index contributed by atoms with van der Waals surface area (Å²) in [5.41, 5.74) is 0.920. The van der Waals surface area contributed by atoms with Gasteiger partial charge in [-0.2, -0.15) is 0 Å². The Balaban J connectivity index is 2.21. The summed E-state index contributed by atoms with van der Waals surface area (Å²) < 4.78 is 39.7. The molecule has 0 amide bonds. The molecule has 0 saturated heterocycles. The quantitative estimate of drug-likeness (QED) is 0.722. The molecule has 114 valence electrons. The van der Waals surface area contributed by atoms with E-state index in [4.69, 9.17) is 0 Å². The topological polar surface area (TPSA) is 33.3 Å². The molecular formula is C14H21F3N2O. The number of halogens is 3. The molecule has 0 radical (unpaired) electrons. The molecular weight excluding hydrogens is 269 g/mol. The third-order valence-electron chi connectivity index (χ3n) is 2.52. The zero-order valence-electron chi connectivity index (χ0n) is 11.8. The number of benzene rings is 1. The summed E-state index contributed by atoms with van der Waals surface area (Å²) in [7, 11) is 0. The highest BCUT2D eigenvalue weighted by Gasteiger charge is 2.30. The third kappa shape index (κ3) is 8.01. The van der Waals surface area contributed by atoms with Gasteiger partial charge in [-0.1, -0.05) is 26.0 Å². The Morgan fingerprint density at radius 3 is 2.20 bits per heavy atom. The zero-order chi connectivity index (χ0) is 15.0. The van der Waals surface area contributed by atoms with Crippen LogP contribution in [0.5, 0.6) is 5.75 Å². The van der Waals surface area contributed by atoms with E-state index in [1.807, 2.05) is 0 Å². The summed E-state index contributed by atoms with van der Waals surface area (Å²) in [5.74, 6) is 0.427. The monoisotopic (exact) mass is 290 g/mol. The van der Waals surface area contributed by atoms with Gasteiger partial charge < -0.3 is 15.4 Å². The summed E-state index contributed by atoms with van der Waals surface area (Å²) in [6.07, 6.45) is -4.64. The number of hydrogen-bond acceptors (Lipinski definition) is 3. The average molecular weight is 290 g/mol. The second-order valence-corrected chi connectivity index (χ2v) is 4.97. The van der Waals surface area contributed by atoms with Crippen LogP contribution in [-0.4, -0.2) is 26.0 Å². The molecule has 1 rings (SSSR count). The van der Waals surface area contributed by atoms with Crippen LogP contribution in [0.15, 0.2) is 24.3 Å². The molecule has 1 aromatic rings. The molecule has 0 heterocycles. The predicted molar refractivity (Wildman–Crippen MR) is 72.5 cm³/mol. The van der Waals surface area contributed by atoms with Gasteiger partial charge in [0.1, 0.15) is 5.75 Å². The van der Waals surface area contributed by atoms with E-state index in [-0.39, 0.29) is 5.75 Å². The zero-order valence-corrected chi connectivity index (χ0v) is 11.8. The highest BCUT2D eigenvalue weighted by atomic mass is 19.4. The van der Waals surface area contributed by atoms with Crippen LogP contribution in [0.25, 0.3) is 0 Å². The molecule has 0 fully saturated rings. The van der Waals surface area contributed by atoms with Crippen molar-refractivity contribution in [2.24, 2.45) is 5.92 Å². The van der Waals surface area contributed by atoms with Crippen LogP contribution in [0.4, 0.5) is 13.2 Å². The van der Waals surface area contributed by atoms with Gasteiger partial charge in [-0.15, -0.1) is 13.2 Å². The first kappa shape index (κ1) is 16.8. The molecule has 0 aliphatic carbocycles. The van der Waals surface area contributed by atoms with E-state index in [1.165, 1.54) is 12.1 Å². The first-order chi connectivity index (χ1) is 9.37. The lowest BCUT2D eigenvalue weighted by atomic mass is 10.2. The Morgan fingerprint density at radius 1 is 1.05 bits per heavy atom. The van der Waals surface area contributed by atoms with Crippen molar-refractivity contribution >= 4 is 0 Å². The second kappa shape index (κ2) is 8.11. The van der Waals surface area contributed by atoms with Gasteiger partial charge in [0.05, 0.1) is 0 Å². The Labute approximate surface area is 117 Å². The molecule has 6 heteroatoms. The van der Waals surface area contributed by atoms with Crippen LogP contribution >= 0.6 is 0 Å². The molecule has 0 bridgehead atoms.